The number of halogens is 2. The molecule has 8 nitrogen and oxygen atoms in total. The van der Waals surface area contributed by atoms with Crippen molar-refractivity contribution in [1.29, 1.82) is 0 Å². The Labute approximate surface area is 230 Å². The summed E-state index contributed by atoms with van der Waals surface area (Å²) in [6, 6.07) is 16.1. The monoisotopic (exact) mass is 546 g/mol. The second-order valence-corrected chi connectivity index (χ2v) is 10.1. The number of aromatic nitrogens is 3. The van der Waals surface area contributed by atoms with Gasteiger partial charge in [-0.2, -0.15) is 0 Å². The molecule has 0 radical (unpaired) electrons. The van der Waals surface area contributed by atoms with E-state index in [9.17, 15) is 18.4 Å². The number of rotatable bonds is 8. The molecule has 1 saturated heterocycles. The zero-order valence-electron chi connectivity index (χ0n) is 22.3. The summed E-state index contributed by atoms with van der Waals surface area (Å²) in [7, 11) is 0. The van der Waals surface area contributed by atoms with E-state index in [2.05, 4.69) is 9.88 Å². The Morgan fingerprint density at radius 1 is 0.850 bits per heavy atom. The first-order valence-corrected chi connectivity index (χ1v) is 13.3. The van der Waals surface area contributed by atoms with Gasteiger partial charge in [-0.25, -0.2) is 13.6 Å². The molecular formula is C30H32F2N6O2. The van der Waals surface area contributed by atoms with Crippen LogP contribution < -0.4 is 21.9 Å². The third-order valence-corrected chi connectivity index (χ3v) is 7.49. The van der Waals surface area contributed by atoms with E-state index < -0.39 is 28.9 Å². The largest absolute Gasteiger partial charge is 0.363 e. The highest BCUT2D eigenvalue weighted by atomic mass is 19.1. The number of hydrogen-bond acceptors (Lipinski definition) is 6. The zero-order valence-corrected chi connectivity index (χ0v) is 22.3. The fourth-order valence-electron chi connectivity index (χ4n) is 5.22. The van der Waals surface area contributed by atoms with Crippen molar-refractivity contribution in [1.82, 2.24) is 19.0 Å². The van der Waals surface area contributed by atoms with Crippen molar-refractivity contribution in [2.45, 2.75) is 32.6 Å². The first kappa shape index (κ1) is 27.4. The van der Waals surface area contributed by atoms with Gasteiger partial charge in [0.1, 0.15) is 17.3 Å². The maximum Gasteiger partial charge on any atom is 0.331 e. The molecule has 2 aromatic carbocycles. The van der Waals surface area contributed by atoms with Gasteiger partial charge in [0.05, 0.1) is 13.1 Å². The Hall–Kier alpha value is -4.15. The van der Waals surface area contributed by atoms with Crippen molar-refractivity contribution < 1.29 is 8.78 Å². The molecule has 0 saturated carbocycles. The number of piperazine rings is 1. The van der Waals surface area contributed by atoms with Gasteiger partial charge >= 0.3 is 5.69 Å². The third-order valence-electron chi connectivity index (χ3n) is 7.49. The Morgan fingerprint density at radius 3 is 2.15 bits per heavy atom. The normalized spacial score (nSPS) is 14.8. The van der Waals surface area contributed by atoms with E-state index in [1.807, 2.05) is 47.4 Å². The van der Waals surface area contributed by atoms with E-state index in [4.69, 9.17) is 5.73 Å². The molecule has 1 fully saturated rings. The maximum absolute atomic E-state index is 14.6. The van der Waals surface area contributed by atoms with Crippen LogP contribution in [0.5, 0.6) is 0 Å². The second-order valence-electron chi connectivity index (χ2n) is 10.1. The van der Waals surface area contributed by atoms with Crippen LogP contribution in [0.4, 0.5) is 14.5 Å². The van der Waals surface area contributed by atoms with Crippen LogP contribution in [-0.2, 0) is 19.6 Å². The van der Waals surface area contributed by atoms with Gasteiger partial charge in [0.2, 0.25) is 0 Å². The van der Waals surface area contributed by atoms with Crippen molar-refractivity contribution in [3.8, 4) is 0 Å². The minimum absolute atomic E-state index is 0.0727. The molecule has 1 aliphatic heterocycles. The van der Waals surface area contributed by atoms with Gasteiger partial charge in [0.15, 0.2) is 0 Å². The number of nitrogens with zero attached hydrogens (tertiary/aromatic N) is 5. The van der Waals surface area contributed by atoms with Gasteiger partial charge in [-0.3, -0.25) is 23.8 Å². The van der Waals surface area contributed by atoms with E-state index in [0.717, 1.165) is 34.4 Å². The fraction of sp³-hybridized carbons (Fsp3) is 0.300. The lowest BCUT2D eigenvalue weighted by Crippen LogP contribution is -2.51. The summed E-state index contributed by atoms with van der Waals surface area (Å²) in [4.78, 5) is 35.9. The van der Waals surface area contributed by atoms with E-state index >= 15 is 0 Å². The molecule has 10 heteroatoms. The zero-order chi connectivity index (χ0) is 28.2. The highest BCUT2D eigenvalue weighted by Gasteiger charge is 2.26. The predicted molar refractivity (Wildman–Crippen MR) is 150 cm³/mol. The molecule has 2 N–H and O–H groups in total. The molecule has 2 aromatic heterocycles. The summed E-state index contributed by atoms with van der Waals surface area (Å²) in [5.74, 6) is -1.51. The van der Waals surface area contributed by atoms with E-state index in [1.54, 1.807) is 19.3 Å². The smallest absolute Gasteiger partial charge is 0.331 e. The van der Waals surface area contributed by atoms with Crippen molar-refractivity contribution in [2.24, 2.45) is 5.73 Å². The van der Waals surface area contributed by atoms with Crippen LogP contribution in [0.1, 0.15) is 28.4 Å². The molecule has 1 atom stereocenters. The van der Waals surface area contributed by atoms with Crippen molar-refractivity contribution >= 4 is 5.69 Å². The van der Waals surface area contributed by atoms with Gasteiger partial charge in [0, 0.05) is 62.4 Å². The van der Waals surface area contributed by atoms with Gasteiger partial charge in [-0.1, -0.05) is 36.4 Å². The van der Waals surface area contributed by atoms with Gasteiger partial charge in [0.25, 0.3) is 5.56 Å². The van der Waals surface area contributed by atoms with Crippen LogP contribution >= 0.6 is 0 Å². The molecule has 0 spiro atoms. The molecule has 1 aliphatic rings. The number of hydrogen-bond donors (Lipinski definition) is 1. The predicted octanol–water partition coefficient (Wildman–Crippen LogP) is 3.06. The molecule has 0 amide bonds. The average molecular weight is 547 g/mol. The fourth-order valence-corrected chi connectivity index (χ4v) is 5.22. The van der Waals surface area contributed by atoms with E-state index in [-0.39, 0.29) is 18.7 Å². The van der Waals surface area contributed by atoms with Crippen molar-refractivity contribution in [3.63, 3.8) is 0 Å². The number of pyridine rings is 1. The third kappa shape index (κ3) is 5.73. The molecule has 0 aliphatic carbocycles. The van der Waals surface area contributed by atoms with Crippen LogP contribution in [0.25, 0.3) is 0 Å². The number of anilines is 1. The molecular weight excluding hydrogens is 514 g/mol. The second kappa shape index (κ2) is 11.9. The summed E-state index contributed by atoms with van der Waals surface area (Å²) in [5, 5.41) is 0. The lowest BCUT2D eigenvalue weighted by Gasteiger charge is -2.37. The Balaban J connectivity index is 1.51. The van der Waals surface area contributed by atoms with E-state index in [0.29, 0.717) is 37.6 Å². The highest BCUT2D eigenvalue weighted by molar-refractivity contribution is 5.50. The van der Waals surface area contributed by atoms with Crippen molar-refractivity contribution in [2.75, 3.05) is 31.1 Å². The molecule has 4 aromatic rings. The molecule has 208 valence electrons. The molecule has 3 heterocycles. The summed E-state index contributed by atoms with van der Waals surface area (Å²) in [5.41, 5.74) is 7.70. The highest BCUT2D eigenvalue weighted by Crippen LogP contribution is 2.21. The van der Waals surface area contributed by atoms with Crippen LogP contribution in [0.3, 0.4) is 0 Å². The minimum Gasteiger partial charge on any atom is -0.363 e. The summed E-state index contributed by atoms with van der Waals surface area (Å²) in [6.45, 7) is 4.50. The van der Waals surface area contributed by atoms with Crippen LogP contribution in [0, 0.1) is 18.6 Å². The van der Waals surface area contributed by atoms with Gasteiger partial charge in [-0.15, -0.1) is 0 Å². The van der Waals surface area contributed by atoms with Crippen LogP contribution in [0.15, 0.2) is 82.6 Å². The van der Waals surface area contributed by atoms with Crippen LogP contribution in [-0.4, -0.2) is 45.2 Å². The Kier molecular flexibility index (Phi) is 8.18. The summed E-state index contributed by atoms with van der Waals surface area (Å²) >= 11 is 0. The maximum atomic E-state index is 14.6. The topological polar surface area (TPSA) is 89.4 Å². The number of nitrogens with two attached hydrogens (primary N) is 1. The lowest BCUT2D eigenvalue weighted by atomic mass is 10.1. The molecule has 0 unspecified atom stereocenters. The van der Waals surface area contributed by atoms with Crippen LogP contribution in [0.2, 0.25) is 0 Å². The Bertz CT molecular complexity index is 1560. The van der Waals surface area contributed by atoms with E-state index in [1.165, 1.54) is 10.6 Å². The standard InChI is InChI=1S/C30H32F2N6O2/c1-21-28(36-16-14-35(15-17-36)18-22-10-12-34-13-11-22)29(39)38(20-27(33)23-6-3-2-4-7-23)30(40)37(21)19-24-25(31)8-5-9-26(24)32/h2-13,27H,14-20,33H2,1H3/t27-/m1/s1. The molecule has 0 bridgehead atoms. The Morgan fingerprint density at radius 2 is 1.50 bits per heavy atom. The first-order valence-electron chi connectivity index (χ1n) is 13.3. The summed E-state index contributed by atoms with van der Waals surface area (Å²) in [6.07, 6.45) is 3.53. The first-order chi connectivity index (χ1) is 19.3. The van der Waals surface area contributed by atoms with Gasteiger partial charge in [-0.05, 0) is 42.3 Å². The van der Waals surface area contributed by atoms with Gasteiger partial charge < -0.3 is 10.6 Å². The minimum atomic E-state index is -0.753. The lowest BCUT2D eigenvalue weighted by molar-refractivity contribution is 0.249. The average Bonchev–Trinajstić information content (AvgIpc) is 2.96. The van der Waals surface area contributed by atoms with Crippen molar-refractivity contribution in [3.05, 3.63) is 128 Å². The molecule has 5 rings (SSSR count). The quantitative estimate of drug-likeness (QED) is 0.366. The SMILES string of the molecule is Cc1c(N2CCN(Cc3ccncc3)CC2)c(=O)n(C[C@@H](N)c2ccccc2)c(=O)n1Cc1c(F)cccc1F. The summed E-state index contributed by atoms with van der Waals surface area (Å²) < 4.78 is 31.6. The molecule has 40 heavy (non-hydrogen) atoms. The number of benzene rings is 2.